The van der Waals surface area contributed by atoms with Crippen molar-refractivity contribution in [3.63, 3.8) is 0 Å². The summed E-state index contributed by atoms with van der Waals surface area (Å²) in [5.74, 6) is 0.0236. The maximum atomic E-state index is 12.7. The second-order valence-electron chi connectivity index (χ2n) is 5.91. The van der Waals surface area contributed by atoms with E-state index in [4.69, 9.17) is 0 Å². The molecule has 1 aliphatic heterocycles. The van der Waals surface area contributed by atoms with E-state index in [0.29, 0.717) is 12.2 Å². The van der Waals surface area contributed by atoms with Gasteiger partial charge in [-0.05, 0) is 40.5 Å². The number of likely N-dealkylation sites (tertiary alicyclic amines) is 1. The number of nitrogens with one attached hydrogen (secondary N) is 1. The average molecular weight is 434 g/mol. The molecule has 7 heteroatoms. The molecule has 1 N–H and O–H groups in total. The van der Waals surface area contributed by atoms with Gasteiger partial charge in [-0.2, -0.15) is 0 Å². The topological polar surface area (TPSA) is 45.2 Å². The third-order valence-corrected chi connectivity index (χ3v) is 6.82. The van der Waals surface area contributed by atoms with Crippen LogP contribution in [0.25, 0.3) is 9.88 Å². The molecule has 2 aromatic heterocycles. The second kappa shape index (κ2) is 7.27. The van der Waals surface area contributed by atoms with Crippen LogP contribution in [0.1, 0.15) is 16.9 Å². The smallest absolute Gasteiger partial charge is 0.273 e. The van der Waals surface area contributed by atoms with Gasteiger partial charge in [0.05, 0.1) is 4.88 Å². The summed E-state index contributed by atoms with van der Waals surface area (Å²) in [5, 5.41) is 8.29. The maximum absolute atomic E-state index is 12.7. The number of hydrogen-bond acceptors (Lipinski definition) is 5. The van der Waals surface area contributed by atoms with E-state index >= 15 is 0 Å². The highest BCUT2D eigenvalue weighted by atomic mass is 79.9. The first-order chi connectivity index (χ1) is 12.2. The monoisotopic (exact) mass is 433 g/mol. The van der Waals surface area contributed by atoms with Gasteiger partial charge in [0.1, 0.15) is 10.7 Å². The quantitative estimate of drug-likeness (QED) is 0.631. The molecule has 1 aromatic carbocycles. The standard InChI is InChI=1S/C18H16BrN3OS2/c19-12-8-16(24-10-12)17-21-15(11-25-17)18(23)22-7-6-14(9-22)20-13-4-2-1-3-5-13/h1-5,8,10-11,14,20H,6-7,9H2. The molecular formula is C18H16BrN3OS2. The first-order valence-corrected chi connectivity index (χ1v) is 10.5. The van der Waals surface area contributed by atoms with Gasteiger partial charge < -0.3 is 10.2 Å². The number of halogens is 1. The van der Waals surface area contributed by atoms with E-state index in [1.807, 2.05) is 39.9 Å². The van der Waals surface area contributed by atoms with Crippen LogP contribution in [0.2, 0.25) is 0 Å². The van der Waals surface area contributed by atoms with Gasteiger partial charge in [-0.1, -0.05) is 18.2 Å². The number of aromatic nitrogens is 1. The minimum Gasteiger partial charge on any atom is -0.380 e. The van der Waals surface area contributed by atoms with Crippen molar-refractivity contribution in [1.82, 2.24) is 9.88 Å². The largest absolute Gasteiger partial charge is 0.380 e. The van der Waals surface area contributed by atoms with Crippen LogP contribution in [-0.2, 0) is 0 Å². The number of thiophene rings is 1. The van der Waals surface area contributed by atoms with Crippen molar-refractivity contribution < 1.29 is 4.79 Å². The fourth-order valence-electron chi connectivity index (χ4n) is 2.90. The summed E-state index contributed by atoms with van der Waals surface area (Å²) in [5.41, 5.74) is 1.64. The number of amides is 1. The summed E-state index contributed by atoms with van der Waals surface area (Å²) in [6, 6.07) is 12.5. The summed E-state index contributed by atoms with van der Waals surface area (Å²) in [4.78, 5) is 20.3. The van der Waals surface area contributed by atoms with Crippen molar-refractivity contribution in [2.45, 2.75) is 12.5 Å². The van der Waals surface area contributed by atoms with Crippen molar-refractivity contribution in [2.75, 3.05) is 18.4 Å². The SMILES string of the molecule is O=C(c1csc(-c2cc(Br)cs2)n1)N1CCC(Nc2ccccc2)C1. The fourth-order valence-corrected chi connectivity index (χ4v) is 5.21. The van der Waals surface area contributed by atoms with Gasteiger partial charge in [0.15, 0.2) is 0 Å². The van der Waals surface area contributed by atoms with Crippen LogP contribution in [0.4, 0.5) is 5.69 Å². The molecule has 25 heavy (non-hydrogen) atoms. The van der Waals surface area contributed by atoms with Crippen LogP contribution in [0.15, 0.2) is 51.6 Å². The lowest BCUT2D eigenvalue weighted by Crippen LogP contribution is -2.31. The van der Waals surface area contributed by atoms with Gasteiger partial charge in [0.25, 0.3) is 5.91 Å². The molecule has 128 valence electrons. The summed E-state index contributed by atoms with van der Waals surface area (Å²) in [6.45, 7) is 1.48. The number of benzene rings is 1. The third kappa shape index (κ3) is 3.78. The highest BCUT2D eigenvalue weighted by molar-refractivity contribution is 9.10. The van der Waals surface area contributed by atoms with Crippen molar-refractivity contribution in [3.05, 3.63) is 57.3 Å². The molecule has 1 atom stereocenters. The highest BCUT2D eigenvalue weighted by Crippen LogP contribution is 2.32. The van der Waals surface area contributed by atoms with E-state index < -0.39 is 0 Å². The van der Waals surface area contributed by atoms with Crippen LogP contribution in [0.5, 0.6) is 0 Å². The van der Waals surface area contributed by atoms with E-state index in [1.165, 1.54) is 11.3 Å². The minimum atomic E-state index is 0.0236. The van der Waals surface area contributed by atoms with Crippen LogP contribution in [-0.4, -0.2) is 34.9 Å². The lowest BCUT2D eigenvalue weighted by molar-refractivity contribution is 0.0786. The normalized spacial score (nSPS) is 17.0. The van der Waals surface area contributed by atoms with Gasteiger partial charge in [0.2, 0.25) is 0 Å². The van der Waals surface area contributed by atoms with E-state index in [0.717, 1.165) is 33.0 Å². The highest BCUT2D eigenvalue weighted by Gasteiger charge is 2.28. The fraction of sp³-hybridized carbons (Fsp3) is 0.222. The molecule has 1 fully saturated rings. The molecule has 1 aliphatic rings. The van der Waals surface area contributed by atoms with Gasteiger partial charge in [-0.3, -0.25) is 4.79 Å². The van der Waals surface area contributed by atoms with Crippen LogP contribution >= 0.6 is 38.6 Å². The lowest BCUT2D eigenvalue weighted by Gasteiger charge is -2.16. The molecule has 1 saturated heterocycles. The molecule has 4 rings (SSSR count). The van der Waals surface area contributed by atoms with Crippen molar-refractivity contribution in [2.24, 2.45) is 0 Å². The Balaban J connectivity index is 1.41. The Hall–Kier alpha value is -1.70. The van der Waals surface area contributed by atoms with E-state index in [9.17, 15) is 4.79 Å². The maximum Gasteiger partial charge on any atom is 0.273 e. The Morgan fingerprint density at radius 3 is 2.84 bits per heavy atom. The number of hydrogen-bond donors (Lipinski definition) is 1. The Kier molecular flexibility index (Phi) is 4.87. The predicted molar refractivity (Wildman–Crippen MR) is 108 cm³/mol. The van der Waals surface area contributed by atoms with Crippen molar-refractivity contribution in [1.29, 1.82) is 0 Å². The second-order valence-corrected chi connectivity index (χ2v) is 8.60. The molecule has 4 nitrogen and oxygen atoms in total. The number of carbonyl (C=O) groups is 1. The van der Waals surface area contributed by atoms with E-state index in [1.54, 1.807) is 11.3 Å². The molecule has 1 amide bonds. The summed E-state index contributed by atoms with van der Waals surface area (Å²) >= 11 is 6.61. The summed E-state index contributed by atoms with van der Waals surface area (Å²) < 4.78 is 1.05. The molecule has 3 heterocycles. The number of anilines is 1. The Morgan fingerprint density at radius 1 is 1.24 bits per heavy atom. The first kappa shape index (κ1) is 16.8. The average Bonchev–Trinajstić information content (AvgIpc) is 3.35. The molecule has 0 saturated carbocycles. The Labute approximate surface area is 162 Å². The predicted octanol–water partition coefficient (Wildman–Crippen LogP) is 4.96. The molecule has 0 bridgehead atoms. The molecule has 3 aromatic rings. The molecule has 0 aliphatic carbocycles. The zero-order valence-electron chi connectivity index (χ0n) is 13.3. The number of rotatable bonds is 4. The van der Waals surface area contributed by atoms with Gasteiger partial charge in [0, 0.05) is 40.1 Å². The number of nitrogens with zero attached hydrogens (tertiary/aromatic N) is 2. The van der Waals surface area contributed by atoms with Crippen molar-refractivity contribution >= 4 is 50.2 Å². The van der Waals surface area contributed by atoms with Crippen LogP contribution in [0.3, 0.4) is 0 Å². The molecular weight excluding hydrogens is 418 g/mol. The van der Waals surface area contributed by atoms with Crippen LogP contribution in [0, 0.1) is 0 Å². The van der Waals surface area contributed by atoms with Gasteiger partial charge in [-0.15, -0.1) is 22.7 Å². The molecule has 0 radical (unpaired) electrons. The van der Waals surface area contributed by atoms with Crippen LogP contribution < -0.4 is 5.32 Å². The molecule has 1 unspecified atom stereocenters. The number of carbonyl (C=O) groups excluding carboxylic acids is 1. The zero-order chi connectivity index (χ0) is 17.2. The van der Waals surface area contributed by atoms with E-state index in [-0.39, 0.29) is 11.9 Å². The van der Waals surface area contributed by atoms with Gasteiger partial charge >= 0.3 is 0 Å². The molecule has 0 spiro atoms. The Bertz CT molecular complexity index is 877. The van der Waals surface area contributed by atoms with E-state index in [2.05, 4.69) is 38.4 Å². The van der Waals surface area contributed by atoms with Crippen molar-refractivity contribution in [3.8, 4) is 9.88 Å². The minimum absolute atomic E-state index is 0.0236. The Morgan fingerprint density at radius 2 is 2.08 bits per heavy atom. The first-order valence-electron chi connectivity index (χ1n) is 8.00. The number of para-hydroxylation sites is 1. The summed E-state index contributed by atoms with van der Waals surface area (Å²) in [6.07, 6.45) is 0.954. The zero-order valence-corrected chi connectivity index (χ0v) is 16.5. The summed E-state index contributed by atoms with van der Waals surface area (Å²) in [7, 11) is 0. The lowest BCUT2D eigenvalue weighted by atomic mass is 10.2. The van der Waals surface area contributed by atoms with Gasteiger partial charge in [-0.25, -0.2) is 4.98 Å². The number of thiazole rings is 1. The third-order valence-electron chi connectivity index (χ3n) is 4.12.